The molecule has 1 saturated heterocycles. The molecule has 0 aromatic carbocycles. The number of ether oxygens (including phenoxy) is 1. The summed E-state index contributed by atoms with van der Waals surface area (Å²) in [5.74, 6) is 1.45. The van der Waals surface area contributed by atoms with Crippen molar-refractivity contribution in [2.75, 3.05) is 25.1 Å². The van der Waals surface area contributed by atoms with E-state index in [0.29, 0.717) is 5.92 Å². The second kappa shape index (κ2) is 5.25. The zero-order valence-electron chi connectivity index (χ0n) is 9.99. The Morgan fingerprint density at radius 1 is 1.38 bits per heavy atom. The molecule has 1 fully saturated rings. The van der Waals surface area contributed by atoms with Crippen LogP contribution in [0.4, 0.5) is 5.95 Å². The van der Waals surface area contributed by atoms with Crippen molar-refractivity contribution in [2.45, 2.75) is 26.7 Å². The number of aryl methyl sites for hydroxylation is 2. The molecule has 1 unspecified atom stereocenters. The third kappa shape index (κ3) is 3.17. The molecule has 0 spiro atoms. The Kier molecular flexibility index (Phi) is 3.72. The van der Waals surface area contributed by atoms with Gasteiger partial charge in [0.25, 0.3) is 0 Å². The molecule has 1 atom stereocenters. The van der Waals surface area contributed by atoms with Crippen LogP contribution in [0.1, 0.15) is 24.2 Å². The van der Waals surface area contributed by atoms with Crippen molar-refractivity contribution in [1.82, 2.24) is 9.97 Å². The van der Waals surface area contributed by atoms with Gasteiger partial charge < -0.3 is 10.1 Å². The molecule has 2 heterocycles. The minimum atomic E-state index is 0.707. The average Bonchev–Trinajstić information content (AvgIpc) is 2.69. The van der Waals surface area contributed by atoms with E-state index in [1.807, 2.05) is 19.9 Å². The van der Waals surface area contributed by atoms with Crippen molar-refractivity contribution in [2.24, 2.45) is 5.92 Å². The van der Waals surface area contributed by atoms with Crippen molar-refractivity contribution in [3.8, 4) is 0 Å². The summed E-state index contributed by atoms with van der Waals surface area (Å²) in [6, 6.07) is 1.98. The van der Waals surface area contributed by atoms with Gasteiger partial charge in [0.15, 0.2) is 0 Å². The maximum atomic E-state index is 5.34. The van der Waals surface area contributed by atoms with Crippen LogP contribution in [0.5, 0.6) is 0 Å². The maximum Gasteiger partial charge on any atom is 0.223 e. The van der Waals surface area contributed by atoms with Gasteiger partial charge in [0.05, 0.1) is 0 Å². The van der Waals surface area contributed by atoms with Crippen LogP contribution in [0.2, 0.25) is 0 Å². The van der Waals surface area contributed by atoms with E-state index in [4.69, 9.17) is 4.74 Å². The van der Waals surface area contributed by atoms with Gasteiger partial charge in [-0.25, -0.2) is 9.97 Å². The fraction of sp³-hybridized carbons (Fsp3) is 0.667. The Morgan fingerprint density at radius 2 is 2.12 bits per heavy atom. The van der Waals surface area contributed by atoms with E-state index in [-0.39, 0.29) is 0 Å². The first-order valence-corrected chi connectivity index (χ1v) is 5.88. The molecular formula is C12H19N3O. The predicted octanol–water partition coefficient (Wildman–Crippen LogP) is 1.93. The molecule has 0 radical (unpaired) electrons. The molecule has 1 aromatic rings. The SMILES string of the molecule is Cc1cc(C)nc(NCCC2CCOC2)n1. The molecule has 0 amide bonds. The first-order valence-electron chi connectivity index (χ1n) is 5.88. The summed E-state index contributed by atoms with van der Waals surface area (Å²) in [6.45, 7) is 6.74. The highest BCUT2D eigenvalue weighted by Crippen LogP contribution is 2.16. The van der Waals surface area contributed by atoms with Gasteiger partial charge in [-0.15, -0.1) is 0 Å². The highest BCUT2D eigenvalue weighted by Gasteiger charge is 2.14. The van der Waals surface area contributed by atoms with E-state index in [9.17, 15) is 0 Å². The number of rotatable bonds is 4. The molecule has 1 aliphatic heterocycles. The fourth-order valence-corrected chi connectivity index (χ4v) is 2.00. The average molecular weight is 221 g/mol. The van der Waals surface area contributed by atoms with E-state index in [1.54, 1.807) is 0 Å². The lowest BCUT2D eigenvalue weighted by Gasteiger charge is -2.09. The van der Waals surface area contributed by atoms with Gasteiger partial charge in [-0.3, -0.25) is 0 Å². The summed E-state index contributed by atoms with van der Waals surface area (Å²) in [6.07, 6.45) is 2.33. The molecule has 2 rings (SSSR count). The van der Waals surface area contributed by atoms with Crippen LogP contribution in [0, 0.1) is 19.8 Å². The maximum absolute atomic E-state index is 5.34. The highest BCUT2D eigenvalue weighted by molar-refractivity contribution is 5.27. The van der Waals surface area contributed by atoms with Crippen LogP contribution in [-0.4, -0.2) is 29.7 Å². The van der Waals surface area contributed by atoms with Crippen LogP contribution in [0.25, 0.3) is 0 Å². The first-order chi connectivity index (χ1) is 7.74. The Morgan fingerprint density at radius 3 is 2.75 bits per heavy atom. The van der Waals surface area contributed by atoms with Gasteiger partial charge in [0.1, 0.15) is 0 Å². The molecule has 16 heavy (non-hydrogen) atoms. The number of hydrogen-bond acceptors (Lipinski definition) is 4. The van der Waals surface area contributed by atoms with Crippen molar-refractivity contribution in [3.63, 3.8) is 0 Å². The van der Waals surface area contributed by atoms with E-state index in [2.05, 4.69) is 15.3 Å². The number of nitrogens with zero attached hydrogens (tertiary/aromatic N) is 2. The Hall–Kier alpha value is -1.16. The van der Waals surface area contributed by atoms with Crippen molar-refractivity contribution in [3.05, 3.63) is 17.5 Å². The summed E-state index contributed by atoms with van der Waals surface area (Å²) >= 11 is 0. The largest absolute Gasteiger partial charge is 0.381 e. The molecular weight excluding hydrogens is 202 g/mol. The van der Waals surface area contributed by atoms with E-state index >= 15 is 0 Å². The highest BCUT2D eigenvalue weighted by atomic mass is 16.5. The van der Waals surface area contributed by atoms with Gasteiger partial charge in [-0.2, -0.15) is 0 Å². The molecule has 1 aliphatic rings. The molecule has 0 bridgehead atoms. The van der Waals surface area contributed by atoms with Crippen LogP contribution in [0.15, 0.2) is 6.07 Å². The Balaban J connectivity index is 1.80. The molecule has 0 saturated carbocycles. The zero-order chi connectivity index (χ0) is 11.4. The smallest absolute Gasteiger partial charge is 0.223 e. The van der Waals surface area contributed by atoms with E-state index in [1.165, 1.54) is 6.42 Å². The van der Waals surface area contributed by atoms with E-state index < -0.39 is 0 Å². The summed E-state index contributed by atoms with van der Waals surface area (Å²) in [5, 5.41) is 3.28. The summed E-state index contributed by atoms with van der Waals surface area (Å²) < 4.78 is 5.34. The van der Waals surface area contributed by atoms with Crippen LogP contribution < -0.4 is 5.32 Å². The summed E-state index contributed by atoms with van der Waals surface area (Å²) in [7, 11) is 0. The molecule has 1 aromatic heterocycles. The van der Waals surface area contributed by atoms with Gasteiger partial charge >= 0.3 is 0 Å². The molecule has 88 valence electrons. The van der Waals surface area contributed by atoms with E-state index in [0.717, 1.165) is 43.5 Å². The minimum Gasteiger partial charge on any atom is -0.381 e. The van der Waals surface area contributed by atoms with Gasteiger partial charge in [-0.1, -0.05) is 0 Å². The molecule has 1 N–H and O–H groups in total. The summed E-state index contributed by atoms with van der Waals surface area (Å²) in [4.78, 5) is 8.69. The van der Waals surface area contributed by atoms with Gasteiger partial charge in [-0.05, 0) is 38.7 Å². The molecule has 0 aliphatic carbocycles. The monoisotopic (exact) mass is 221 g/mol. The van der Waals surface area contributed by atoms with Gasteiger partial charge in [0.2, 0.25) is 5.95 Å². The second-order valence-corrected chi connectivity index (χ2v) is 4.42. The normalized spacial score (nSPS) is 20.0. The number of nitrogens with one attached hydrogen (secondary N) is 1. The minimum absolute atomic E-state index is 0.707. The van der Waals surface area contributed by atoms with Crippen LogP contribution in [-0.2, 0) is 4.74 Å². The lowest BCUT2D eigenvalue weighted by atomic mass is 10.1. The Bertz CT molecular complexity index is 328. The fourth-order valence-electron chi connectivity index (χ4n) is 2.00. The third-order valence-electron chi connectivity index (χ3n) is 2.84. The number of aromatic nitrogens is 2. The standard InChI is InChI=1S/C12H19N3O/c1-9-7-10(2)15-12(14-9)13-5-3-11-4-6-16-8-11/h7,11H,3-6,8H2,1-2H3,(H,13,14,15). The Labute approximate surface area is 96.4 Å². The van der Waals surface area contributed by atoms with Crippen molar-refractivity contribution < 1.29 is 4.74 Å². The first kappa shape index (κ1) is 11.3. The topological polar surface area (TPSA) is 47.0 Å². The van der Waals surface area contributed by atoms with Crippen LogP contribution in [0.3, 0.4) is 0 Å². The van der Waals surface area contributed by atoms with Crippen molar-refractivity contribution >= 4 is 5.95 Å². The quantitative estimate of drug-likeness (QED) is 0.844. The predicted molar refractivity (Wildman–Crippen MR) is 63.5 cm³/mol. The molecule has 4 heteroatoms. The third-order valence-corrected chi connectivity index (χ3v) is 2.84. The number of hydrogen-bond donors (Lipinski definition) is 1. The second-order valence-electron chi connectivity index (χ2n) is 4.42. The van der Waals surface area contributed by atoms with Crippen LogP contribution >= 0.6 is 0 Å². The lowest BCUT2D eigenvalue weighted by Crippen LogP contribution is -2.11. The van der Waals surface area contributed by atoms with Gasteiger partial charge in [0, 0.05) is 31.1 Å². The summed E-state index contributed by atoms with van der Waals surface area (Å²) in [5.41, 5.74) is 2.03. The van der Waals surface area contributed by atoms with Crippen molar-refractivity contribution in [1.29, 1.82) is 0 Å². The number of anilines is 1. The molecule has 4 nitrogen and oxygen atoms in total. The lowest BCUT2D eigenvalue weighted by molar-refractivity contribution is 0.185. The zero-order valence-corrected chi connectivity index (χ0v) is 9.99.